The Morgan fingerprint density at radius 3 is 2.84 bits per heavy atom. The van der Waals surface area contributed by atoms with Crippen molar-refractivity contribution < 1.29 is 17.6 Å². The lowest BCUT2D eigenvalue weighted by atomic mass is 10.2. The first kappa shape index (κ1) is 14.8. The molecule has 0 aliphatic carbocycles. The average Bonchev–Trinajstić information content (AvgIpc) is 2.81. The van der Waals surface area contributed by atoms with Crippen molar-refractivity contribution in [2.24, 2.45) is 0 Å². The largest absolute Gasteiger partial charge is 0.464 e. The van der Waals surface area contributed by atoms with Crippen LogP contribution in [-0.4, -0.2) is 38.5 Å². The maximum absolute atomic E-state index is 12.6. The van der Waals surface area contributed by atoms with E-state index in [0.717, 1.165) is 6.42 Å². The first-order valence-electron chi connectivity index (χ1n) is 6.26. The van der Waals surface area contributed by atoms with Gasteiger partial charge in [-0.2, -0.15) is 4.31 Å². The van der Waals surface area contributed by atoms with E-state index in [1.165, 1.54) is 10.4 Å². The molecule has 5 nitrogen and oxygen atoms in total. The van der Waals surface area contributed by atoms with Gasteiger partial charge in [0.15, 0.2) is 0 Å². The second-order valence-corrected chi connectivity index (χ2v) is 6.70. The van der Waals surface area contributed by atoms with E-state index < -0.39 is 10.0 Å². The molecule has 0 aromatic carbocycles. The van der Waals surface area contributed by atoms with Crippen LogP contribution in [0.2, 0.25) is 0 Å². The molecule has 1 unspecified atom stereocenters. The summed E-state index contributed by atoms with van der Waals surface area (Å²) >= 11 is 5.67. The first-order chi connectivity index (χ1) is 8.98. The summed E-state index contributed by atoms with van der Waals surface area (Å²) in [5.74, 6) is 1.02. The number of hydrogen-bond acceptors (Lipinski definition) is 4. The van der Waals surface area contributed by atoms with Crippen molar-refractivity contribution in [1.82, 2.24) is 4.31 Å². The number of aryl methyl sites for hydroxylation is 1. The summed E-state index contributed by atoms with van der Waals surface area (Å²) in [5.41, 5.74) is 0. The van der Waals surface area contributed by atoms with Gasteiger partial charge in [-0.15, -0.1) is 11.6 Å². The van der Waals surface area contributed by atoms with E-state index in [-0.39, 0.29) is 16.9 Å². The van der Waals surface area contributed by atoms with Gasteiger partial charge in [0.05, 0.1) is 18.6 Å². The number of nitrogens with zero attached hydrogens (tertiary/aromatic N) is 1. The Bertz CT molecular complexity index is 540. The topological polar surface area (TPSA) is 59.8 Å². The molecule has 0 radical (unpaired) electrons. The quantitative estimate of drug-likeness (QED) is 0.800. The maximum Gasteiger partial charge on any atom is 0.246 e. The lowest BCUT2D eigenvalue weighted by Crippen LogP contribution is -2.45. The van der Waals surface area contributed by atoms with Crippen LogP contribution in [0.25, 0.3) is 0 Å². The fourth-order valence-electron chi connectivity index (χ4n) is 2.14. The van der Waals surface area contributed by atoms with Crippen molar-refractivity contribution in [2.75, 3.05) is 19.7 Å². The Labute approximate surface area is 118 Å². The zero-order chi connectivity index (χ0) is 14.0. The van der Waals surface area contributed by atoms with Crippen LogP contribution in [0.15, 0.2) is 15.4 Å². The van der Waals surface area contributed by atoms with Crippen molar-refractivity contribution in [2.45, 2.75) is 37.1 Å². The van der Waals surface area contributed by atoms with Gasteiger partial charge in [-0.25, -0.2) is 8.42 Å². The van der Waals surface area contributed by atoms with Gasteiger partial charge in [0.25, 0.3) is 0 Å². The van der Waals surface area contributed by atoms with Crippen LogP contribution < -0.4 is 0 Å². The molecular weight excluding hydrogens is 290 g/mol. The molecule has 1 aliphatic rings. The minimum atomic E-state index is -3.52. The molecule has 108 valence electrons. The summed E-state index contributed by atoms with van der Waals surface area (Å²) in [6.45, 7) is 4.81. The Morgan fingerprint density at radius 2 is 2.26 bits per heavy atom. The molecule has 0 amide bonds. The number of alkyl halides is 1. The number of ether oxygens (including phenoxy) is 1. The third-order valence-corrected chi connectivity index (χ3v) is 5.47. The third kappa shape index (κ3) is 2.97. The van der Waals surface area contributed by atoms with Crippen molar-refractivity contribution in [3.8, 4) is 0 Å². The van der Waals surface area contributed by atoms with Crippen molar-refractivity contribution in [3.05, 3.63) is 17.6 Å². The minimum Gasteiger partial charge on any atom is -0.464 e. The number of morpholine rings is 1. The van der Waals surface area contributed by atoms with Crippen LogP contribution in [0.3, 0.4) is 0 Å². The third-order valence-electron chi connectivity index (χ3n) is 3.23. The number of sulfonamides is 1. The predicted octanol–water partition coefficient (Wildman–Crippen LogP) is 2.13. The van der Waals surface area contributed by atoms with E-state index in [1.807, 2.05) is 6.92 Å². The van der Waals surface area contributed by atoms with E-state index in [9.17, 15) is 8.42 Å². The van der Waals surface area contributed by atoms with Gasteiger partial charge in [0.2, 0.25) is 10.0 Å². The van der Waals surface area contributed by atoms with Crippen LogP contribution in [0.5, 0.6) is 0 Å². The predicted molar refractivity (Wildman–Crippen MR) is 71.8 cm³/mol. The molecule has 1 aromatic heterocycles. The van der Waals surface area contributed by atoms with Crippen LogP contribution in [0, 0.1) is 6.92 Å². The fraction of sp³-hybridized carbons (Fsp3) is 0.667. The monoisotopic (exact) mass is 307 g/mol. The lowest BCUT2D eigenvalue weighted by Gasteiger charge is -2.31. The molecule has 0 saturated carbocycles. The second kappa shape index (κ2) is 5.83. The lowest BCUT2D eigenvalue weighted by molar-refractivity contribution is -0.00280. The first-order valence-corrected chi connectivity index (χ1v) is 8.23. The Hall–Kier alpha value is -0.560. The SMILES string of the molecule is CCC1CN(S(=O)(=O)c2cc(CCl)oc2C)CCO1. The Kier molecular flexibility index (Phi) is 4.55. The fourth-order valence-corrected chi connectivity index (χ4v) is 3.92. The standard InChI is InChI=1S/C12H18ClNO4S/c1-3-10-8-14(4-5-17-10)19(15,16)12-6-11(7-13)18-9(12)2/h6,10H,3-5,7-8H2,1-2H3. The van der Waals surface area contributed by atoms with Crippen molar-refractivity contribution >= 4 is 21.6 Å². The van der Waals surface area contributed by atoms with E-state index in [1.54, 1.807) is 6.92 Å². The molecule has 7 heteroatoms. The summed E-state index contributed by atoms with van der Waals surface area (Å²) in [6.07, 6.45) is 0.756. The molecule has 19 heavy (non-hydrogen) atoms. The van der Waals surface area contributed by atoms with Gasteiger partial charge >= 0.3 is 0 Å². The summed E-state index contributed by atoms with van der Waals surface area (Å²) in [5, 5.41) is 0. The van der Waals surface area contributed by atoms with Crippen LogP contribution in [0.4, 0.5) is 0 Å². The zero-order valence-corrected chi connectivity index (χ0v) is 12.6. The summed E-state index contributed by atoms with van der Waals surface area (Å²) in [6, 6.07) is 1.51. The number of rotatable bonds is 4. The zero-order valence-electron chi connectivity index (χ0n) is 11.1. The summed E-state index contributed by atoms with van der Waals surface area (Å²) in [4.78, 5) is 0.208. The van der Waals surface area contributed by atoms with Gasteiger partial charge in [-0.05, 0) is 13.3 Å². The molecule has 0 N–H and O–H groups in total. The number of furan rings is 1. The highest BCUT2D eigenvalue weighted by molar-refractivity contribution is 7.89. The summed E-state index contributed by atoms with van der Waals surface area (Å²) < 4.78 is 37.4. The molecule has 0 bridgehead atoms. The number of hydrogen-bond donors (Lipinski definition) is 0. The van der Waals surface area contributed by atoms with Crippen molar-refractivity contribution in [3.63, 3.8) is 0 Å². The van der Waals surface area contributed by atoms with Gasteiger partial charge in [-0.1, -0.05) is 6.92 Å². The minimum absolute atomic E-state index is 0.0387. The molecule has 2 heterocycles. The van der Waals surface area contributed by atoms with Crippen LogP contribution in [-0.2, 0) is 20.6 Å². The van der Waals surface area contributed by atoms with Crippen LogP contribution >= 0.6 is 11.6 Å². The molecule has 2 rings (SSSR count). The molecule has 1 atom stereocenters. The van der Waals surface area contributed by atoms with Gasteiger partial charge in [0.1, 0.15) is 16.4 Å². The molecule has 1 saturated heterocycles. The Morgan fingerprint density at radius 1 is 1.53 bits per heavy atom. The van der Waals surface area contributed by atoms with Gasteiger partial charge in [-0.3, -0.25) is 0 Å². The molecule has 1 aromatic rings. The normalized spacial score (nSPS) is 21.7. The van der Waals surface area contributed by atoms with E-state index >= 15 is 0 Å². The highest BCUT2D eigenvalue weighted by Crippen LogP contribution is 2.26. The average molecular weight is 308 g/mol. The Balaban J connectivity index is 2.28. The van der Waals surface area contributed by atoms with E-state index in [0.29, 0.717) is 31.2 Å². The van der Waals surface area contributed by atoms with E-state index in [2.05, 4.69) is 0 Å². The van der Waals surface area contributed by atoms with Gasteiger partial charge < -0.3 is 9.15 Å². The second-order valence-electron chi connectivity index (χ2n) is 4.53. The summed E-state index contributed by atoms with van der Waals surface area (Å²) in [7, 11) is -3.52. The maximum atomic E-state index is 12.6. The highest BCUT2D eigenvalue weighted by atomic mass is 35.5. The smallest absolute Gasteiger partial charge is 0.246 e. The van der Waals surface area contributed by atoms with E-state index in [4.69, 9.17) is 20.8 Å². The molecule has 1 aliphatic heterocycles. The molecule has 0 spiro atoms. The number of halogens is 1. The molecule has 1 fully saturated rings. The van der Waals surface area contributed by atoms with Crippen LogP contribution in [0.1, 0.15) is 24.9 Å². The van der Waals surface area contributed by atoms with Gasteiger partial charge in [0, 0.05) is 19.2 Å². The van der Waals surface area contributed by atoms with Crippen molar-refractivity contribution in [1.29, 1.82) is 0 Å². The molecular formula is C12H18ClNO4S. The highest BCUT2D eigenvalue weighted by Gasteiger charge is 2.32.